The molecule has 0 fully saturated rings. The van der Waals surface area contributed by atoms with Crippen LogP contribution in [0.5, 0.6) is 0 Å². The van der Waals surface area contributed by atoms with Crippen molar-refractivity contribution in [1.82, 2.24) is 15.2 Å². The Kier molecular flexibility index (Phi) is 15.1. The van der Waals surface area contributed by atoms with Crippen molar-refractivity contribution >= 4 is 25.0 Å². The largest absolute Gasteiger partial charge is 0.673 e. The van der Waals surface area contributed by atoms with E-state index in [-0.39, 0.29) is 30.3 Å². The predicted octanol–water partition coefficient (Wildman–Crippen LogP) is 2.20. The molecular weight excluding hydrogens is 497 g/mol. The van der Waals surface area contributed by atoms with Crippen molar-refractivity contribution in [1.29, 1.82) is 0 Å². The Balaban J connectivity index is 0.00000235. The summed E-state index contributed by atoms with van der Waals surface area (Å²) in [6.45, 7) is 12.3. The number of carbonyl (C=O) groups excluding carboxylic acids is 3. The molecule has 0 saturated heterocycles. The third-order valence-electron chi connectivity index (χ3n) is 5.03. The van der Waals surface area contributed by atoms with Crippen LogP contribution in [0.4, 0.5) is 17.3 Å². The molecule has 0 aromatic carbocycles. The van der Waals surface area contributed by atoms with Crippen molar-refractivity contribution in [3.05, 3.63) is 18.7 Å². The molecule has 37 heavy (non-hydrogen) atoms. The third-order valence-corrected chi connectivity index (χ3v) is 5.03. The summed E-state index contributed by atoms with van der Waals surface area (Å²) in [4.78, 5) is 38.1. The van der Waals surface area contributed by atoms with E-state index in [1.807, 2.05) is 76.4 Å². The number of ether oxygens (including phenoxy) is 1. The number of halogens is 4. The molecule has 0 saturated carbocycles. The normalized spacial score (nSPS) is 14.0. The Hall–Kier alpha value is -2.64. The fourth-order valence-corrected chi connectivity index (χ4v) is 3.34. The summed E-state index contributed by atoms with van der Waals surface area (Å²) in [5.74, 6) is -0.992. The van der Waals surface area contributed by atoms with Gasteiger partial charge in [0.05, 0.1) is 13.1 Å². The molecule has 214 valence electrons. The Bertz CT molecular complexity index is 843. The Morgan fingerprint density at radius 3 is 1.95 bits per heavy atom. The van der Waals surface area contributed by atoms with Crippen LogP contribution < -0.4 is 20.9 Å². The maximum atomic E-state index is 13.0. The van der Waals surface area contributed by atoms with Gasteiger partial charge in [0.2, 0.25) is 18.1 Å². The molecule has 9 nitrogen and oxygen atoms in total. The molecule has 0 unspecified atom stereocenters. The first-order valence-corrected chi connectivity index (χ1v) is 12.3. The molecular formula is C23H42BF4N5O4. The molecule has 0 radical (unpaired) electrons. The van der Waals surface area contributed by atoms with Gasteiger partial charge in [-0.25, -0.2) is 13.9 Å². The van der Waals surface area contributed by atoms with E-state index >= 15 is 0 Å². The number of hydrogen-bond acceptors (Lipinski definition) is 5. The van der Waals surface area contributed by atoms with Crippen molar-refractivity contribution < 1.29 is 41.0 Å². The maximum Gasteiger partial charge on any atom is 0.673 e. The molecule has 0 bridgehead atoms. The lowest BCUT2D eigenvalue weighted by Crippen LogP contribution is -2.56. The second-order valence-corrected chi connectivity index (χ2v) is 10.1. The van der Waals surface area contributed by atoms with Crippen molar-refractivity contribution in [2.24, 2.45) is 30.5 Å². The highest BCUT2D eigenvalue weighted by atomic mass is 19.5. The van der Waals surface area contributed by atoms with Crippen LogP contribution in [0.3, 0.4) is 0 Å². The molecule has 0 aliphatic heterocycles. The van der Waals surface area contributed by atoms with Gasteiger partial charge in [0.15, 0.2) is 0 Å². The van der Waals surface area contributed by atoms with Crippen LogP contribution in [0.25, 0.3) is 0 Å². The zero-order valence-corrected chi connectivity index (χ0v) is 22.7. The number of amides is 2. The van der Waals surface area contributed by atoms with E-state index in [1.54, 1.807) is 0 Å². The number of rotatable bonds is 13. The lowest BCUT2D eigenvalue weighted by Gasteiger charge is -2.26. The van der Waals surface area contributed by atoms with Crippen molar-refractivity contribution in [2.45, 2.75) is 79.1 Å². The van der Waals surface area contributed by atoms with Crippen molar-refractivity contribution in [3.63, 3.8) is 0 Å². The van der Waals surface area contributed by atoms with Crippen LogP contribution in [0, 0.1) is 17.8 Å². The number of nitrogens with two attached hydrogens (primary N) is 1. The maximum absolute atomic E-state index is 13.0. The van der Waals surface area contributed by atoms with Crippen LogP contribution in [0.2, 0.25) is 0 Å². The summed E-state index contributed by atoms with van der Waals surface area (Å²) in [5, 5.41) is 5.54. The van der Waals surface area contributed by atoms with Crippen LogP contribution in [-0.4, -0.2) is 54.3 Å². The molecule has 2 amide bonds. The first-order valence-electron chi connectivity index (χ1n) is 12.3. The summed E-state index contributed by atoms with van der Waals surface area (Å²) in [5.41, 5.74) is 5.97. The summed E-state index contributed by atoms with van der Waals surface area (Å²) in [7, 11) is -4.09. The van der Waals surface area contributed by atoms with E-state index in [0.29, 0.717) is 19.4 Å². The van der Waals surface area contributed by atoms with Gasteiger partial charge in [-0.2, -0.15) is 0 Å². The molecule has 1 heterocycles. The number of nitrogens with one attached hydrogen (secondary N) is 2. The van der Waals surface area contributed by atoms with Crippen LogP contribution >= 0.6 is 0 Å². The van der Waals surface area contributed by atoms with E-state index in [4.69, 9.17) is 10.5 Å². The van der Waals surface area contributed by atoms with E-state index in [0.717, 1.165) is 0 Å². The quantitative estimate of drug-likeness (QED) is 0.154. The fraction of sp³-hybridized carbons (Fsp3) is 0.739. The topological polar surface area (TPSA) is 119 Å². The molecule has 0 aliphatic carbocycles. The highest BCUT2D eigenvalue weighted by molar-refractivity contribution is 6.50. The number of hydrogen-bond donors (Lipinski definition) is 3. The number of imidazole rings is 1. The number of aromatic nitrogens is 2. The van der Waals surface area contributed by atoms with Gasteiger partial charge in [-0.1, -0.05) is 41.5 Å². The van der Waals surface area contributed by atoms with Crippen LogP contribution in [0.1, 0.15) is 54.4 Å². The average Bonchev–Trinajstić information content (AvgIpc) is 3.13. The molecule has 1 rings (SSSR count). The molecule has 4 N–H and O–H groups in total. The SMILES string of the molecule is CC(C)C[C@H](NC(=O)[C@@H](NC(=O)[C@@H](N)CC(C)C)C(C)C)C(=O)OCCn1cc[n+](C)c1.F[B-](F)(F)F. The standard InChI is InChI=1S/C23H41N5O4.BF4/c1-15(2)12-18(24)21(29)26-20(17(5)6)22(30)25-19(13-16(3)4)23(31)32-11-10-28-9-8-27(7)14-28;2-1(3,4)5/h8-9,14-20H,10-13,24H2,1-7H3,(H-,25,26,29,30);/q;-1/p+1/t18-,19-,20-;/m0./s1. The number of carbonyl (C=O) groups is 3. The molecule has 0 aliphatic rings. The summed E-state index contributed by atoms with van der Waals surface area (Å²) in [6.07, 6.45) is 6.65. The molecule has 3 atom stereocenters. The van der Waals surface area contributed by atoms with E-state index in [2.05, 4.69) is 10.6 Å². The second-order valence-electron chi connectivity index (χ2n) is 10.1. The van der Waals surface area contributed by atoms with Crippen LogP contribution in [0.15, 0.2) is 18.7 Å². The summed E-state index contributed by atoms with van der Waals surface area (Å²) < 4.78 is 48.2. The van der Waals surface area contributed by atoms with Gasteiger partial charge < -0.3 is 38.4 Å². The summed E-state index contributed by atoms with van der Waals surface area (Å²) in [6, 6.07) is -2.26. The third kappa shape index (κ3) is 16.7. The highest BCUT2D eigenvalue weighted by Crippen LogP contribution is 2.10. The first kappa shape index (κ1) is 34.4. The van der Waals surface area contributed by atoms with Gasteiger partial charge in [-0.15, -0.1) is 0 Å². The molecule has 0 spiro atoms. The first-order chi connectivity index (χ1) is 16.9. The zero-order chi connectivity index (χ0) is 28.9. The van der Waals surface area contributed by atoms with E-state index in [9.17, 15) is 31.6 Å². The Morgan fingerprint density at radius 2 is 1.51 bits per heavy atom. The van der Waals surface area contributed by atoms with Gasteiger partial charge in [0.1, 0.15) is 37.6 Å². The smallest absolute Gasteiger partial charge is 0.460 e. The van der Waals surface area contributed by atoms with Crippen molar-refractivity contribution in [2.75, 3.05) is 6.61 Å². The minimum atomic E-state index is -6.00. The number of nitrogens with zero attached hydrogens (tertiary/aromatic N) is 2. The minimum Gasteiger partial charge on any atom is -0.460 e. The molecule has 14 heteroatoms. The number of aryl methyl sites for hydroxylation is 1. The van der Waals surface area contributed by atoms with E-state index < -0.39 is 37.3 Å². The van der Waals surface area contributed by atoms with Gasteiger partial charge >= 0.3 is 13.2 Å². The zero-order valence-electron chi connectivity index (χ0n) is 22.7. The molecule has 1 aromatic heterocycles. The van der Waals surface area contributed by atoms with Gasteiger partial charge in [-0.05, 0) is 30.6 Å². The van der Waals surface area contributed by atoms with Gasteiger partial charge in [-0.3, -0.25) is 9.59 Å². The fourth-order valence-electron chi connectivity index (χ4n) is 3.34. The van der Waals surface area contributed by atoms with Crippen LogP contribution in [-0.2, 0) is 32.7 Å². The second kappa shape index (κ2) is 16.3. The Morgan fingerprint density at radius 1 is 0.973 bits per heavy atom. The van der Waals surface area contributed by atoms with Gasteiger partial charge in [0.25, 0.3) is 0 Å². The van der Waals surface area contributed by atoms with Gasteiger partial charge in [0, 0.05) is 0 Å². The monoisotopic (exact) mass is 539 g/mol. The lowest BCUT2D eigenvalue weighted by atomic mass is 9.99. The Labute approximate surface area is 216 Å². The lowest BCUT2D eigenvalue weighted by molar-refractivity contribution is -0.671. The number of esters is 1. The van der Waals surface area contributed by atoms with Crippen molar-refractivity contribution in [3.8, 4) is 0 Å². The highest BCUT2D eigenvalue weighted by Gasteiger charge is 2.31. The average molecular weight is 539 g/mol. The minimum absolute atomic E-state index is 0.169. The van der Waals surface area contributed by atoms with E-state index in [1.165, 1.54) is 0 Å². The molecule has 1 aromatic rings. The predicted molar refractivity (Wildman–Crippen MR) is 132 cm³/mol. The summed E-state index contributed by atoms with van der Waals surface area (Å²) >= 11 is 0.